The van der Waals surface area contributed by atoms with Crippen LogP contribution >= 0.6 is 0 Å². The Balaban J connectivity index is 0.000000241. The molecule has 1 aliphatic rings. The minimum Gasteiger partial charge on any atom is -0.510 e. The summed E-state index contributed by atoms with van der Waals surface area (Å²) in [5.41, 5.74) is -0.318. The molecule has 0 aliphatic carbocycles. The predicted octanol–water partition coefficient (Wildman–Crippen LogP) is 0.516. The third-order valence-corrected chi connectivity index (χ3v) is 1.14. The normalized spacial score (nSPS) is 14.8. The maximum absolute atomic E-state index is 10.1. The minimum atomic E-state index is -0.318. The van der Waals surface area contributed by atoms with Crippen LogP contribution in [0.15, 0.2) is 11.8 Å². The summed E-state index contributed by atoms with van der Waals surface area (Å²) in [6.07, 6.45) is 1.17. The van der Waals surface area contributed by atoms with E-state index in [4.69, 9.17) is 5.11 Å². The summed E-state index contributed by atoms with van der Waals surface area (Å²) in [6, 6.07) is 0. The summed E-state index contributed by atoms with van der Waals surface area (Å²) in [4.78, 5) is 19.7. The van der Waals surface area contributed by atoms with Gasteiger partial charge in [0, 0.05) is 6.08 Å². The predicted molar refractivity (Wildman–Crippen MR) is 50.6 cm³/mol. The molecule has 0 aromatic rings. The highest BCUT2D eigenvalue weighted by molar-refractivity contribution is 5.90. The third kappa shape index (κ3) is 7.15. The average Bonchev–Trinajstić information content (AvgIpc) is 2.33. The van der Waals surface area contributed by atoms with Crippen molar-refractivity contribution in [3.05, 3.63) is 11.8 Å². The molecule has 0 atom stereocenters. The lowest BCUT2D eigenvalue weighted by molar-refractivity contribution is -0.138. The zero-order valence-electron chi connectivity index (χ0n) is 8.53. The topological polar surface area (TPSA) is 75.6 Å². The number of hydrogen-bond donors (Lipinski definition) is 2. The first kappa shape index (κ1) is 12.5. The quantitative estimate of drug-likeness (QED) is 0.606. The number of nitrogens with one attached hydrogen (secondary N) is 1. The van der Waals surface area contributed by atoms with Gasteiger partial charge in [-0.05, 0) is 20.8 Å². The fourth-order valence-corrected chi connectivity index (χ4v) is 0.575. The van der Waals surface area contributed by atoms with E-state index in [1.807, 2.05) is 20.8 Å². The molecular weight excluding hydrogens is 186 g/mol. The van der Waals surface area contributed by atoms with Gasteiger partial charge in [-0.3, -0.25) is 9.59 Å². The molecule has 0 radical (unpaired) electrons. The second-order valence-electron chi connectivity index (χ2n) is 3.68. The van der Waals surface area contributed by atoms with Gasteiger partial charge in [-0.1, -0.05) is 0 Å². The molecule has 5 heteroatoms. The highest BCUT2D eigenvalue weighted by atomic mass is 16.5. The summed E-state index contributed by atoms with van der Waals surface area (Å²) in [7, 11) is 0. The van der Waals surface area contributed by atoms with Crippen molar-refractivity contribution >= 4 is 12.4 Å². The number of hydrogen-bond acceptors (Lipinski definition) is 4. The Kier molecular flexibility index (Phi) is 4.69. The van der Waals surface area contributed by atoms with Crippen LogP contribution in [0.1, 0.15) is 20.8 Å². The van der Waals surface area contributed by atoms with Gasteiger partial charge in [0.05, 0.1) is 6.54 Å². The molecule has 1 amide bonds. The molecule has 0 saturated carbocycles. The lowest BCUT2D eigenvalue weighted by atomic mass is 10.2. The van der Waals surface area contributed by atoms with E-state index in [1.165, 1.54) is 6.08 Å². The lowest BCUT2D eigenvalue weighted by Gasteiger charge is -2.14. The Hall–Kier alpha value is -1.52. The molecule has 2 N–H and O–H groups in total. The van der Waals surface area contributed by atoms with E-state index in [9.17, 15) is 9.59 Å². The summed E-state index contributed by atoms with van der Waals surface area (Å²) in [5, 5.41) is 10.9. The van der Waals surface area contributed by atoms with E-state index in [0.717, 1.165) is 0 Å². The first-order valence-electron chi connectivity index (χ1n) is 4.14. The van der Waals surface area contributed by atoms with Crippen LogP contribution in [0.25, 0.3) is 0 Å². The van der Waals surface area contributed by atoms with E-state index < -0.39 is 0 Å². The molecule has 0 saturated heterocycles. The monoisotopic (exact) mass is 201 g/mol. The molecule has 1 heterocycles. The molecule has 5 nitrogen and oxygen atoms in total. The number of ether oxygens (including phenoxy) is 1. The Morgan fingerprint density at radius 1 is 1.57 bits per heavy atom. The van der Waals surface area contributed by atoms with Crippen molar-refractivity contribution < 1.29 is 19.4 Å². The van der Waals surface area contributed by atoms with Gasteiger partial charge < -0.3 is 15.2 Å². The molecule has 14 heavy (non-hydrogen) atoms. The Morgan fingerprint density at radius 2 is 2.14 bits per heavy atom. The van der Waals surface area contributed by atoms with Crippen molar-refractivity contribution in [3.8, 4) is 0 Å². The van der Waals surface area contributed by atoms with Crippen LogP contribution in [0.4, 0.5) is 0 Å². The molecule has 0 unspecified atom stereocenters. The van der Waals surface area contributed by atoms with Crippen molar-refractivity contribution in [1.29, 1.82) is 0 Å². The third-order valence-electron chi connectivity index (χ3n) is 1.14. The maximum Gasteiger partial charge on any atom is 0.293 e. The second kappa shape index (κ2) is 5.26. The lowest BCUT2D eigenvalue weighted by Crippen LogP contribution is -2.17. The van der Waals surface area contributed by atoms with Crippen molar-refractivity contribution in [2.45, 2.75) is 26.4 Å². The van der Waals surface area contributed by atoms with Gasteiger partial charge in [0.15, 0.2) is 0 Å². The van der Waals surface area contributed by atoms with Gasteiger partial charge >= 0.3 is 0 Å². The molecule has 0 aromatic carbocycles. The Morgan fingerprint density at radius 3 is 2.21 bits per heavy atom. The fraction of sp³-hybridized carbons (Fsp3) is 0.556. The average molecular weight is 201 g/mol. The molecule has 0 aromatic heterocycles. The van der Waals surface area contributed by atoms with Gasteiger partial charge in [-0.15, -0.1) is 0 Å². The minimum absolute atomic E-state index is 0.116. The molecule has 1 rings (SSSR count). The van der Waals surface area contributed by atoms with Crippen LogP contribution in [-0.2, 0) is 14.3 Å². The van der Waals surface area contributed by atoms with Crippen LogP contribution in [0, 0.1) is 0 Å². The molecular formula is C9H15NO4. The van der Waals surface area contributed by atoms with Crippen molar-refractivity contribution in [1.82, 2.24) is 5.32 Å². The largest absolute Gasteiger partial charge is 0.510 e. The smallest absolute Gasteiger partial charge is 0.293 e. The number of carbonyl (C=O) groups is 2. The van der Waals surface area contributed by atoms with E-state index in [-0.39, 0.29) is 17.3 Å². The number of aliphatic hydroxyl groups is 1. The molecule has 0 spiro atoms. The number of amides is 1. The van der Waals surface area contributed by atoms with Crippen LogP contribution in [0.5, 0.6) is 0 Å². The molecule has 80 valence electrons. The van der Waals surface area contributed by atoms with E-state index in [2.05, 4.69) is 10.1 Å². The SMILES string of the molecule is CC(C)(C)OC=O.O=C1C=C(O)CN1. The van der Waals surface area contributed by atoms with Gasteiger partial charge in [-0.25, -0.2) is 0 Å². The first-order valence-corrected chi connectivity index (χ1v) is 4.14. The van der Waals surface area contributed by atoms with Gasteiger partial charge in [0.25, 0.3) is 6.47 Å². The Bertz CT molecular complexity index is 240. The van der Waals surface area contributed by atoms with E-state index in [1.54, 1.807) is 0 Å². The van der Waals surface area contributed by atoms with Gasteiger partial charge in [-0.2, -0.15) is 0 Å². The standard InChI is InChI=1S/C5H10O2.C4H5NO2/c1-5(2,3)7-4-6;6-3-1-4(7)5-2-3/h4H,1-3H3;1,6H,2H2,(H,5,7). The second-order valence-corrected chi connectivity index (χ2v) is 3.68. The number of aliphatic hydroxyl groups excluding tert-OH is 1. The van der Waals surface area contributed by atoms with Gasteiger partial charge in [0.1, 0.15) is 11.4 Å². The van der Waals surface area contributed by atoms with E-state index in [0.29, 0.717) is 13.0 Å². The summed E-state index contributed by atoms with van der Waals surface area (Å²) < 4.78 is 4.55. The first-order chi connectivity index (χ1) is 6.35. The fourth-order valence-electron chi connectivity index (χ4n) is 0.575. The molecule has 0 fully saturated rings. The van der Waals surface area contributed by atoms with Crippen LogP contribution in [0.3, 0.4) is 0 Å². The van der Waals surface area contributed by atoms with Gasteiger partial charge in [0.2, 0.25) is 5.91 Å². The number of carbonyl (C=O) groups excluding carboxylic acids is 2. The number of rotatable bonds is 1. The zero-order chi connectivity index (χ0) is 11.2. The molecule has 0 bridgehead atoms. The van der Waals surface area contributed by atoms with Crippen LogP contribution in [0.2, 0.25) is 0 Å². The highest BCUT2D eigenvalue weighted by Crippen LogP contribution is 2.02. The van der Waals surface area contributed by atoms with Crippen LogP contribution in [-0.4, -0.2) is 29.6 Å². The maximum atomic E-state index is 10.1. The summed E-state index contributed by atoms with van der Waals surface area (Å²) in [5.74, 6) is -0.0949. The molecule has 1 aliphatic heterocycles. The van der Waals surface area contributed by atoms with Crippen molar-refractivity contribution in [2.24, 2.45) is 0 Å². The van der Waals surface area contributed by atoms with Crippen molar-refractivity contribution in [2.75, 3.05) is 6.54 Å². The summed E-state index contributed by atoms with van der Waals surface area (Å²) >= 11 is 0. The Labute approximate surface area is 82.7 Å². The highest BCUT2D eigenvalue weighted by Gasteiger charge is 2.07. The zero-order valence-corrected chi connectivity index (χ0v) is 8.53. The summed E-state index contributed by atoms with van der Waals surface area (Å²) in [6.45, 7) is 6.21. The van der Waals surface area contributed by atoms with E-state index >= 15 is 0 Å². The van der Waals surface area contributed by atoms with Crippen LogP contribution < -0.4 is 5.32 Å². The van der Waals surface area contributed by atoms with Crippen molar-refractivity contribution in [3.63, 3.8) is 0 Å².